The lowest BCUT2D eigenvalue weighted by atomic mass is 10.1. The van der Waals surface area contributed by atoms with Gasteiger partial charge in [-0.15, -0.1) is 0 Å². The number of rotatable bonds is 5. The molecule has 1 N–H and O–H groups in total. The van der Waals surface area contributed by atoms with E-state index in [0.29, 0.717) is 19.6 Å². The van der Waals surface area contributed by atoms with Crippen molar-refractivity contribution in [2.24, 2.45) is 0 Å². The molecule has 2 aromatic rings. The molecule has 2 aromatic carbocycles. The third-order valence-electron chi connectivity index (χ3n) is 2.82. The molecule has 19 heavy (non-hydrogen) atoms. The summed E-state index contributed by atoms with van der Waals surface area (Å²) >= 11 is 3.54. The molecule has 0 fully saturated rings. The first-order chi connectivity index (χ1) is 9.22. The van der Waals surface area contributed by atoms with E-state index in [2.05, 4.69) is 33.4 Å². The van der Waals surface area contributed by atoms with E-state index in [-0.39, 0.29) is 5.97 Å². The fourth-order valence-electron chi connectivity index (χ4n) is 1.96. The highest BCUT2D eigenvalue weighted by molar-refractivity contribution is 9.10. The quantitative estimate of drug-likeness (QED) is 0.847. The molecule has 0 aliphatic rings. The average Bonchev–Trinajstić information content (AvgIpc) is 2.40. The van der Waals surface area contributed by atoms with E-state index in [9.17, 15) is 4.79 Å². The smallest absolute Gasteiger partial charge is 0.307 e. The molecule has 0 bridgehead atoms. The van der Waals surface area contributed by atoms with Crippen LogP contribution < -0.4 is 5.32 Å². The van der Waals surface area contributed by atoms with Crippen LogP contribution in [-0.2, 0) is 9.53 Å². The van der Waals surface area contributed by atoms with E-state index >= 15 is 0 Å². The number of halogens is 1. The zero-order valence-electron chi connectivity index (χ0n) is 10.8. The highest BCUT2D eigenvalue weighted by Crippen LogP contribution is 2.29. The second-order valence-corrected chi connectivity index (χ2v) is 4.98. The zero-order chi connectivity index (χ0) is 13.7. The third kappa shape index (κ3) is 3.47. The van der Waals surface area contributed by atoms with Crippen LogP contribution >= 0.6 is 15.9 Å². The SMILES string of the molecule is CCOC(=O)CCNc1cccc2c(Br)cccc12. The molecule has 0 unspecified atom stereocenters. The molecule has 3 nitrogen and oxygen atoms in total. The minimum Gasteiger partial charge on any atom is -0.466 e. The minimum absolute atomic E-state index is 0.170. The maximum absolute atomic E-state index is 11.3. The van der Waals surface area contributed by atoms with Crippen LogP contribution in [0.3, 0.4) is 0 Å². The lowest BCUT2D eigenvalue weighted by molar-refractivity contribution is -0.142. The number of hydrogen-bond donors (Lipinski definition) is 1. The summed E-state index contributed by atoms with van der Waals surface area (Å²) in [6.45, 7) is 2.82. The molecular weight excluding hydrogens is 306 g/mol. The molecule has 0 aliphatic carbocycles. The van der Waals surface area contributed by atoms with Gasteiger partial charge in [0.2, 0.25) is 0 Å². The molecule has 0 atom stereocenters. The number of hydrogen-bond acceptors (Lipinski definition) is 3. The van der Waals surface area contributed by atoms with Gasteiger partial charge in [-0.05, 0) is 24.4 Å². The first-order valence-corrected chi connectivity index (χ1v) is 7.08. The molecule has 0 saturated heterocycles. The summed E-state index contributed by atoms with van der Waals surface area (Å²) in [5, 5.41) is 5.58. The van der Waals surface area contributed by atoms with Crippen LogP contribution in [0, 0.1) is 0 Å². The summed E-state index contributed by atoms with van der Waals surface area (Å²) < 4.78 is 5.97. The van der Waals surface area contributed by atoms with E-state index < -0.39 is 0 Å². The van der Waals surface area contributed by atoms with Gasteiger partial charge < -0.3 is 10.1 Å². The number of nitrogens with one attached hydrogen (secondary N) is 1. The summed E-state index contributed by atoms with van der Waals surface area (Å²) in [6.07, 6.45) is 0.373. The van der Waals surface area contributed by atoms with E-state index in [4.69, 9.17) is 4.74 Å². The number of carbonyl (C=O) groups is 1. The third-order valence-corrected chi connectivity index (χ3v) is 3.51. The summed E-state index contributed by atoms with van der Waals surface area (Å²) in [4.78, 5) is 11.3. The molecule has 4 heteroatoms. The number of anilines is 1. The number of carbonyl (C=O) groups excluding carboxylic acids is 1. The van der Waals surface area contributed by atoms with Crippen LogP contribution in [0.5, 0.6) is 0 Å². The van der Waals surface area contributed by atoms with E-state index in [0.717, 1.165) is 20.9 Å². The van der Waals surface area contributed by atoms with E-state index in [1.807, 2.05) is 31.2 Å². The Morgan fingerprint density at radius 3 is 2.74 bits per heavy atom. The molecule has 0 heterocycles. The molecule has 0 aromatic heterocycles. The number of fused-ring (bicyclic) bond motifs is 1. The van der Waals surface area contributed by atoms with Crippen molar-refractivity contribution in [2.45, 2.75) is 13.3 Å². The molecule has 2 rings (SSSR count). The number of esters is 1. The van der Waals surface area contributed by atoms with Crippen molar-refractivity contribution in [2.75, 3.05) is 18.5 Å². The lowest BCUT2D eigenvalue weighted by Crippen LogP contribution is -2.11. The van der Waals surface area contributed by atoms with Gasteiger partial charge in [-0.2, -0.15) is 0 Å². The van der Waals surface area contributed by atoms with Crippen molar-refractivity contribution in [1.82, 2.24) is 0 Å². The van der Waals surface area contributed by atoms with Crippen molar-refractivity contribution in [1.29, 1.82) is 0 Å². The largest absolute Gasteiger partial charge is 0.466 e. The van der Waals surface area contributed by atoms with E-state index in [1.165, 1.54) is 0 Å². The normalized spacial score (nSPS) is 10.4. The van der Waals surface area contributed by atoms with Gasteiger partial charge in [0.15, 0.2) is 0 Å². The fourth-order valence-corrected chi connectivity index (χ4v) is 2.46. The maximum Gasteiger partial charge on any atom is 0.307 e. The van der Waals surface area contributed by atoms with Gasteiger partial charge in [-0.1, -0.05) is 40.2 Å². The second kappa shape index (κ2) is 6.57. The Bertz CT molecular complexity index is 583. The molecule has 0 saturated carbocycles. The Hall–Kier alpha value is -1.55. The summed E-state index contributed by atoms with van der Waals surface area (Å²) in [5.74, 6) is -0.170. The van der Waals surface area contributed by atoms with Crippen LogP contribution in [0.2, 0.25) is 0 Å². The van der Waals surface area contributed by atoms with Gasteiger partial charge in [0.05, 0.1) is 13.0 Å². The second-order valence-electron chi connectivity index (χ2n) is 4.12. The summed E-state index contributed by atoms with van der Waals surface area (Å²) in [6, 6.07) is 12.2. The van der Waals surface area contributed by atoms with Gasteiger partial charge >= 0.3 is 5.97 Å². The highest BCUT2D eigenvalue weighted by atomic mass is 79.9. The lowest BCUT2D eigenvalue weighted by Gasteiger charge is -2.10. The highest BCUT2D eigenvalue weighted by Gasteiger charge is 2.04. The number of benzene rings is 2. The zero-order valence-corrected chi connectivity index (χ0v) is 12.4. The Balaban J connectivity index is 2.09. The molecule has 0 amide bonds. The Labute approximate surface area is 121 Å². The van der Waals surface area contributed by atoms with Gasteiger partial charge in [-0.3, -0.25) is 4.79 Å². The van der Waals surface area contributed by atoms with Crippen molar-refractivity contribution in [3.05, 3.63) is 40.9 Å². The van der Waals surface area contributed by atoms with Gasteiger partial charge in [0.1, 0.15) is 0 Å². The topological polar surface area (TPSA) is 38.3 Å². The van der Waals surface area contributed by atoms with Crippen molar-refractivity contribution in [3.8, 4) is 0 Å². The van der Waals surface area contributed by atoms with Crippen LogP contribution in [-0.4, -0.2) is 19.1 Å². The summed E-state index contributed by atoms with van der Waals surface area (Å²) in [5.41, 5.74) is 1.03. The predicted molar refractivity (Wildman–Crippen MR) is 81.4 cm³/mol. The van der Waals surface area contributed by atoms with E-state index in [1.54, 1.807) is 0 Å². The molecule has 0 radical (unpaired) electrons. The molecule has 0 aliphatic heterocycles. The predicted octanol–water partition coefficient (Wildman–Crippen LogP) is 3.97. The molecule has 100 valence electrons. The minimum atomic E-state index is -0.170. The van der Waals surface area contributed by atoms with Crippen LogP contribution in [0.15, 0.2) is 40.9 Å². The van der Waals surface area contributed by atoms with Crippen LogP contribution in [0.25, 0.3) is 10.8 Å². The van der Waals surface area contributed by atoms with Crippen molar-refractivity contribution in [3.63, 3.8) is 0 Å². The Kier molecular flexibility index (Phi) is 4.80. The van der Waals surface area contributed by atoms with Gasteiger partial charge in [0.25, 0.3) is 0 Å². The first-order valence-electron chi connectivity index (χ1n) is 6.29. The monoisotopic (exact) mass is 321 g/mol. The Morgan fingerprint density at radius 2 is 1.95 bits per heavy atom. The van der Waals surface area contributed by atoms with Crippen molar-refractivity contribution >= 4 is 38.4 Å². The Morgan fingerprint density at radius 1 is 1.21 bits per heavy atom. The van der Waals surface area contributed by atoms with Gasteiger partial charge in [0, 0.05) is 22.1 Å². The van der Waals surface area contributed by atoms with Gasteiger partial charge in [-0.25, -0.2) is 0 Å². The molecule has 0 spiro atoms. The molecular formula is C15H16BrNO2. The fraction of sp³-hybridized carbons (Fsp3) is 0.267. The van der Waals surface area contributed by atoms with Crippen molar-refractivity contribution < 1.29 is 9.53 Å². The standard InChI is InChI=1S/C15H16BrNO2/c1-2-19-15(18)9-10-17-14-8-4-5-11-12(14)6-3-7-13(11)16/h3-8,17H,2,9-10H2,1H3. The van der Waals surface area contributed by atoms with Crippen LogP contribution in [0.1, 0.15) is 13.3 Å². The summed E-state index contributed by atoms with van der Waals surface area (Å²) in [7, 11) is 0. The van der Waals surface area contributed by atoms with Crippen LogP contribution in [0.4, 0.5) is 5.69 Å². The average molecular weight is 322 g/mol. The number of ether oxygens (including phenoxy) is 1. The maximum atomic E-state index is 11.3. The first kappa shape index (κ1) is 13.9.